The Labute approximate surface area is 125 Å². The zero-order valence-electron chi connectivity index (χ0n) is 11.6. The van der Waals surface area contributed by atoms with Gasteiger partial charge < -0.3 is 15.0 Å². The molecule has 2 aromatic heterocycles. The fourth-order valence-corrected chi connectivity index (χ4v) is 2.44. The van der Waals surface area contributed by atoms with E-state index in [1.165, 1.54) is 12.5 Å². The third kappa shape index (κ3) is 3.63. The van der Waals surface area contributed by atoms with E-state index in [9.17, 15) is 9.59 Å². The van der Waals surface area contributed by atoms with Gasteiger partial charge in [-0.05, 0) is 17.5 Å². The normalized spacial score (nSPS) is 10.8. The van der Waals surface area contributed by atoms with E-state index in [2.05, 4.69) is 19.9 Å². The molecule has 0 saturated heterocycles. The highest BCUT2D eigenvalue weighted by molar-refractivity contribution is 7.08. The third-order valence-corrected chi connectivity index (χ3v) is 3.51. The first-order valence-electron chi connectivity index (χ1n) is 6.34. The third-order valence-electron chi connectivity index (χ3n) is 2.77. The van der Waals surface area contributed by atoms with Crippen molar-refractivity contribution in [3.05, 3.63) is 28.8 Å². The molecule has 0 spiro atoms. The lowest BCUT2D eigenvalue weighted by Crippen LogP contribution is -2.27. The number of amides is 1. The van der Waals surface area contributed by atoms with E-state index in [0.717, 1.165) is 11.5 Å². The highest BCUT2D eigenvalue weighted by atomic mass is 32.1. The van der Waals surface area contributed by atoms with E-state index >= 15 is 0 Å². The van der Waals surface area contributed by atoms with Crippen LogP contribution in [0.1, 0.15) is 45.6 Å². The summed E-state index contributed by atoms with van der Waals surface area (Å²) in [6.45, 7) is 4.71. The number of hydrogen-bond donors (Lipinski definition) is 2. The first kappa shape index (κ1) is 15.1. The average molecular weight is 309 g/mol. The molecule has 21 heavy (non-hydrogen) atoms. The van der Waals surface area contributed by atoms with E-state index in [0.29, 0.717) is 23.7 Å². The Morgan fingerprint density at radius 3 is 2.86 bits per heavy atom. The molecular weight excluding hydrogens is 294 g/mol. The van der Waals surface area contributed by atoms with Crippen molar-refractivity contribution in [2.24, 2.45) is 0 Å². The second-order valence-corrected chi connectivity index (χ2v) is 5.45. The zero-order valence-corrected chi connectivity index (χ0v) is 12.4. The van der Waals surface area contributed by atoms with E-state index in [1.54, 1.807) is 4.57 Å². The Balaban J connectivity index is 1.89. The molecule has 0 unspecified atom stereocenters. The summed E-state index contributed by atoms with van der Waals surface area (Å²) < 4.78 is 5.41. The van der Waals surface area contributed by atoms with Gasteiger partial charge in [-0.15, -0.1) is 5.10 Å². The molecule has 0 aliphatic carbocycles. The van der Waals surface area contributed by atoms with Crippen LogP contribution < -0.4 is 5.32 Å². The average Bonchev–Trinajstić information content (AvgIpc) is 3.07. The molecule has 0 aliphatic rings. The van der Waals surface area contributed by atoms with Crippen molar-refractivity contribution in [3.63, 3.8) is 0 Å². The van der Waals surface area contributed by atoms with Crippen LogP contribution in [0.4, 0.5) is 0 Å². The lowest BCUT2D eigenvalue weighted by atomic mass is 10.1. The largest absolute Gasteiger partial charge is 0.476 e. The molecule has 0 saturated carbocycles. The molecule has 0 aliphatic heterocycles. The number of carboxylic acids is 1. The molecule has 0 aromatic carbocycles. The maximum absolute atomic E-state index is 12.0. The summed E-state index contributed by atoms with van der Waals surface area (Å²) in [6.07, 6.45) is 2.84. The Kier molecular flexibility index (Phi) is 4.63. The lowest BCUT2D eigenvalue weighted by molar-refractivity contribution is 0.0690. The molecule has 1 amide bonds. The van der Waals surface area contributed by atoms with Gasteiger partial charge in [-0.3, -0.25) is 4.79 Å². The van der Waals surface area contributed by atoms with Gasteiger partial charge in [0.05, 0.1) is 12.0 Å². The molecule has 2 aromatic rings. The van der Waals surface area contributed by atoms with Crippen molar-refractivity contribution in [3.8, 4) is 0 Å². The molecule has 0 fully saturated rings. The number of carbonyl (C=O) groups excluding carboxylic acids is 1. The standard InChI is InChI=1S/C12H15N5O3S/c1-7(2)9-10(21-16-15-9)11(18)13-3-4-17-5-8(12(19)20)14-6-17/h5-7H,3-4H2,1-2H3,(H,13,18)(H,19,20). The van der Waals surface area contributed by atoms with Crippen LogP contribution in [-0.2, 0) is 6.54 Å². The molecule has 0 atom stereocenters. The molecule has 9 heteroatoms. The quantitative estimate of drug-likeness (QED) is 0.823. The van der Waals surface area contributed by atoms with Crippen LogP contribution in [0, 0.1) is 0 Å². The molecule has 8 nitrogen and oxygen atoms in total. The van der Waals surface area contributed by atoms with Crippen LogP contribution in [0.2, 0.25) is 0 Å². The SMILES string of the molecule is CC(C)c1nnsc1C(=O)NCCn1cnc(C(=O)O)c1. The summed E-state index contributed by atoms with van der Waals surface area (Å²) in [6, 6.07) is 0. The van der Waals surface area contributed by atoms with Crippen molar-refractivity contribution >= 4 is 23.4 Å². The van der Waals surface area contributed by atoms with Gasteiger partial charge in [0, 0.05) is 19.3 Å². The van der Waals surface area contributed by atoms with Crippen LogP contribution >= 0.6 is 11.5 Å². The molecule has 112 valence electrons. The fourth-order valence-electron chi connectivity index (χ4n) is 1.70. The van der Waals surface area contributed by atoms with E-state index in [4.69, 9.17) is 5.11 Å². The Hall–Kier alpha value is -2.29. The topological polar surface area (TPSA) is 110 Å². The Morgan fingerprint density at radius 2 is 2.24 bits per heavy atom. The Bertz CT molecular complexity index is 649. The number of imidazole rings is 1. The minimum atomic E-state index is -1.07. The number of nitrogens with one attached hydrogen (secondary N) is 1. The second kappa shape index (κ2) is 6.44. The molecule has 2 heterocycles. The molecule has 2 N–H and O–H groups in total. The summed E-state index contributed by atoms with van der Waals surface area (Å²) in [5.41, 5.74) is 0.670. The van der Waals surface area contributed by atoms with E-state index in [1.807, 2.05) is 13.8 Å². The monoisotopic (exact) mass is 309 g/mol. The lowest BCUT2D eigenvalue weighted by Gasteiger charge is -2.06. The van der Waals surface area contributed by atoms with Gasteiger partial charge in [-0.25, -0.2) is 9.78 Å². The number of rotatable bonds is 6. The van der Waals surface area contributed by atoms with Gasteiger partial charge in [0.15, 0.2) is 5.69 Å². The van der Waals surface area contributed by atoms with Crippen LogP contribution in [0.25, 0.3) is 0 Å². The minimum absolute atomic E-state index is 0.0184. The number of hydrogen-bond acceptors (Lipinski definition) is 6. The maximum atomic E-state index is 12.0. The van der Waals surface area contributed by atoms with E-state index < -0.39 is 5.97 Å². The number of carbonyl (C=O) groups is 2. The first-order valence-corrected chi connectivity index (χ1v) is 7.12. The van der Waals surface area contributed by atoms with Crippen molar-refractivity contribution < 1.29 is 14.7 Å². The van der Waals surface area contributed by atoms with Crippen LogP contribution in [0.15, 0.2) is 12.5 Å². The van der Waals surface area contributed by atoms with Gasteiger partial charge >= 0.3 is 5.97 Å². The van der Waals surface area contributed by atoms with Crippen molar-refractivity contribution in [1.29, 1.82) is 0 Å². The molecule has 2 rings (SSSR count). The number of nitrogens with zero attached hydrogens (tertiary/aromatic N) is 4. The van der Waals surface area contributed by atoms with Gasteiger partial charge in [0.25, 0.3) is 5.91 Å². The minimum Gasteiger partial charge on any atom is -0.476 e. The first-order chi connectivity index (χ1) is 9.99. The number of aromatic carboxylic acids is 1. The van der Waals surface area contributed by atoms with Crippen LogP contribution in [-0.4, -0.2) is 42.7 Å². The maximum Gasteiger partial charge on any atom is 0.356 e. The summed E-state index contributed by atoms with van der Waals surface area (Å²) >= 11 is 1.07. The summed E-state index contributed by atoms with van der Waals surface area (Å²) in [7, 11) is 0. The number of aromatic nitrogens is 4. The van der Waals surface area contributed by atoms with Crippen LogP contribution in [0.5, 0.6) is 0 Å². The summed E-state index contributed by atoms with van der Waals surface area (Å²) in [4.78, 5) is 27.0. The Morgan fingerprint density at radius 1 is 1.48 bits per heavy atom. The zero-order chi connectivity index (χ0) is 15.4. The molecular formula is C12H15N5O3S. The van der Waals surface area contributed by atoms with Gasteiger partial charge in [-0.2, -0.15) is 0 Å². The second-order valence-electron chi connectivity index (χ2n) is 4.70. The predicted molar refractivity (Wildman–Crippen MR) is 75.5 cm³/mol. The van der Waals surface area contributed by atoms with Crippen molar-refractivity contribution in [2.75, 3.05) is 6.54 Å². The predicted octanol–water partition coefficient (Wildman–Crippen LogP) is 0.986. The van der Waals surface area contributed by atoms with Gasteiger partial charge in [-0.1, -0.05) is 18.3 Å². The fraction of sp³-hybridized carbons (Fsp3) is 0.417. The summed E-state index contributed by atoms with van der Waals surface area (Å²) in [5.74, 6) is -1.15. The molecule has 0 radical (unpaired) electrons. The summed E-state index contributed by atoms with van der Waals surface area (Å²) in [5, 5.41) is 15.5. The number of carboxylic acid groups (broad SMARTS) is 1. The van der Waals surface area contributed by atoms with Crippen molar-refractivity contribution in [1.82, 2.24) is 24.5 Å². The smallest absolute Gasteiger partial charge is 0.356 e. The highest BCUT2D eigenvalue weighted by Gasteiger charge is 2.18. The van der Waals surface area contributed by atoms with Gasteiger partial charge in [0.2, 0.25) is 0 Å². The van der Waals surface area contributed by atoms with E-state index in [-0.39, 0.29) is 17.5 Å². The van der Waals surface area contributed by atoms with Crippen LogP contribution in [0.3, 0.4) is 0 Å². The van der Waals surface area contributed by atoms with Crippen molar-refractivity contribution in [2.45, 2.75) is 26.3 Å². The highest BCUT2D eigenvalue weighted by Crippen LogP contribution is 2.19. The van der Waals surface area contributed by atoms with Gasteiger partial charge in [0.1, 0.15) is 4.88 Å². The molecule has 0 bridgehead atoms.